The fourth-order valence-electron chi connectivity index (χ4n) is 3.48. The van der Waals surface area contributed by atoms with Crippen molar-refractivity contribution in [3.8, 4) is 0 Å². The van der Waals surface area contributed by atoms with E-state index in [1.54, 1.807) is 0 Å². The number of nitrogens with zero attached hydrogens (tertiary/aromatic N) is 4. The Morgan fingerprint density at radius 1 is 1.10 bits per heavy atom. The van der Waals surface area contributed by atoms with Gasteiger partial charge in [-0.3, -0.25) is 0 Å². The second-order valence-electron chi connectivity index (χ2n) is 7.68. The molecule has 3 N–H and O–H groups in total. The number of piperazine rings is 1. The zero-order valence-electron chi connectivity index (χ0n) is 18.5. The molecular formula is C23H35IN6O. The third kappa shape index (κ3) is 7.93. The summed E-state index contributed by atoms with van der Waals surface area (Å²) in [5, 5.41) is 16.4. The van der Waals surface area contributed by atoms with Crippen molar-refractivity contribution in [2.24, 2.45) is 4.99 Å². The van der Waals surface area contributed by atoms with Crippen LogP contribution in [-0.2, 0) is 6.54 Å². The van der Waals surface area contributed by atoms with E-state index >= 15 is 0 Å². The van der Waals surface area contributed by atoms with Gasteiger partial charge in [0, 0.05) is 51.4 Å². The molecule has 0 saturated carbocycles. The molecule has 0 bridgehead atoms. The summed E-state index contributed by atoms with van der Waals surface area (Å²) < 4.78 is 0. The van der Waals surface area contributed by atoms with Gasteiger partial charge >= 0.3 is 0 Å². The van der Waals surface area contributed by atoms with Gasteiger partial charge in [-0.05, 0) is 31.2 Å². The van der Waals surface area contributed by atoms with E-state index in [0.717, 1.165) is 55.6 Å². The molecule has 1 fully saturated rings. The Labute approximate surface area is 203 Å². The number of pyridine rings is 1. The van der Waals surface area contributed by atoms with Crippen LogP contribution < -0.4 is 15.5 Å². The highest BCUT2D eigenvalue weighted by atomic mass is 127. The number of likely N-dealkylation sites (N-methyl/N-ethyl adjacent to an activating group) is 1. The maximum absolute atomic E-state index is 9.76. The summed E-state index contributed by atoms with van der Waals surface area (Å²) in [6.45, 7) is 8.27. The van der Waals surface area contributed by atoms with Crippen LogP contribution in [0.1, 0.15) is 24.0 Å². The number of aliphatic hydroxyl groups excluding tert-OH is 1. The number of halogens is 1. The van der Waals surface area contributed by atoms with Crippen molar-refractivity contribution in [3.05, 3.63) is 59.8 Å². The summed E-state index contributed by atoms with van der Waals surface area (Å²) in [6.07, 6.45) is 1.92. The highest BCUT2D eigenvalue weighted by Crippen LogP contribution is 2.15. The molecule has 0 amide bonds. The molecule has 1 aromatic carbocycles. The minimum absolute atomic E-state index is 0. The molecule has 1 aliphatic heterocycles. The average molecular weight is 538 g/mol. The first kappa shape index (κ1) is 25.4. The second kappa shape index (κ2) is 13.5. The third-order valence-electron chi connectivity index (χ3n) is 5.41. The predicted molar refractivity (Wildman–Crippen MR) is 138 cm³/mol. The number of guanidine groups is 1. The van der Waals surface area contributed by atoms with Crippen LogP contribution in [0.4, 0.5) is 5.82 Å². The molecule has 3 rings (SSSR count). The summed E-state index contributed by atoms with van der Waals surface area (Å²) >= 11 is 0. The van der Waals surface area contributed by atoms with Crippen molar-refractivity contribution >= 4 is 35.8 Å². The molecule has 0 aliphatic carbocycles. The van der Waals surface area contributed by atoms with E-state index in [4.69, 9.17) is 0 Å². The van der Waals surface area contributed by atoms with E-state index in [9.17, 15) is 5.11 Å². The number of aliphatic hydroxyl groups is 1. The van der Waals surface area contributed by atoms with E-state index in [1.807, 2.05) is 43.5 Å². The van der Waals surface area contributed by atoms with Crippen molar-refractivity contribution in [1.29, 1.82) is 0 Å². The van der Waals surface area contributed by atoms with Gasteiger partial charge in [0.25, 0.3) is 0 Å². The molecule has 1 unspecified atom stereocenters. The van der Waals surface area contributed by atoms with Crippen molar-refractivity contribution in [2.45, 2.75) is 19.4 Å². The molecular weight excluding hydrogens is 503 g/mol. The van der Waals surface area contributed by atoms with E-state index in [0.29, 0.717) is 13.1 Å². The smallest absolute Gasteiger partial charge is 0.191 e. The topological polar surface area (TPSA) is 76.0 Å². The summed E-state index contributed by atoms with van der Waals surface area (Å²) in [4.78, 5) is 14.0. The van der Waals surface area contributed by atoms with Gasteiger partial charge in [-0.1, -0.05) is 36.4 Å². The van der Waals surface area contributed by atoms with Crippen LogP contribution in [0.5, 0.6) is 0 Å². The average Bonchev–Trinajstić information content (AvgIpc) is 2.79. The van der Waals surface area contributed by atoms with Crippen LogP contribution in [-0.4, -0.2) is 73.9 Å². The SMILES string of the molecule is CCNC(=NCc1ccc(N2CCN(C)CC2)nc1)NCC(CO)c1ccccc1.I. The number of benzene rings is 1. The summed E-state index contributed by atoms with van der Waals surface area (Å²) in [6, 6.07) is 14.3. The number of rotatable bonds is 8. The minimum Gasteiger partial charge on any atom is -0.396 e. The van der Waals surface area contributed by atoms with Crippen LogP contribution in [0.25, 0.3) is 0 Å². The first-order valence-corrected chi connectivity index (χ1v) is 10.8. The molecule has 7 nitrogen and oxygen atoms in total. The Bertz CT molecular complexity index is 778. The van der Waals surface area contributed by atoms with Crippen LogP contribution in [0, 0.1) is 0 Å². The van der Waals surface area contributed by atoms with Crippen LogP contribution in [0.2, 0.25) is 0 Å². The maximum atomic E-state index is 9.76. The molecule has 170 valence electrons. The second-order valence-corrected chi connectivity index (χ2v) is 7.68. The Balaban J connectivity index is 0.00000341. The number of anilines is 1. The molecule has 0 radical (unpaired) electrons. The number of aliphatic imine (C=N–C) groups is 1. The fraction of sp³-hybridized carbons (Fsp3) is 0.478. The van der Waals surface area contributed by atoms with Gasteiger partial charge < -0.3 is 25.5 Å². The highest BCUT2D eigenvalue weighted by molar-refractivity contribution is 14.0. The molecule has 1 atom stereocenters. The minimum atomic E-state index is 0. The van der Waals surface area contributed by atoms with E-state index in [1.165, 1.54) is 0 Å². The van der Waals surface area contributed by atoms with E-state index in [-0.39, 0.29) is 36.5 Å². The molecule has 2 heterocycles. The number of hydrogen-bond acceptors (Lipinski definition) is 5. The van der Waals surface area contributed by atoms with Crippen molar-refractivity contribution < 1.29 is 5.11 Å². The first-order chi connectivity index (χ1) is 14.7. The van der Waals surface area contributed by atoms with Gasteiger partial charge in [-0.2, -0.15) is 0 Å². The Kier molecular flexibility index (Phi) is 11.0. The first-order valence-electron chi connectivity index (χ1n) is 10.8. The molecule has 1 aliphatic rings. The number of hydrogen-bond donors (Lipinski definition) is 3. The fourth-order valence-corrected chi connectivity index (χ4v) is 3.48. The third-order valence-corrected chi connectivity index (χ3v) is 5.41. The molecule has 0 spiro atoms. The van der Waals surface area contributed by atoms with Crippen molar-refractivity contribution in [3.63, 3.8) is 0 Å². The molecule has 31 heavy (non-hydrogen) atoms. The summed E-state index contributed by atoms with van der Waals surface area (Å²) in [5.74, 6) is 1.81. The highest BCUT2D eigenvalue weighted by Gasteiger charge is 2.15. The number of aromatic nitrogens is 1. The largest absolute Gasteiger partial charge is 0.396 e. The van der Waals surface area contributed by atoms with Gasteiger partial charge in [-0.25, -0.2) is 9.98 Å². The van der Waals surface area contributed by atoms with Crippen LogP contribution in [0.15, 0.2) is 53.7 Å². The van der Waals surface area contributed by atoms with Gasteiger partial charge in [0.1, 0.15) is 5.82 Å². The van der Waals surface area contributed by atoms with Gasteiger partial charge in [0.05, 0.1) is 13.2 Å². The lowest BCUT2D eigenvalue weighted by Crippen LogP contribution is -2.44. The normalized spacial score (nSPS) is 15.8. The lowest BCUT2D eigenvalue weighted by Gasteiger charge is -2.33. The summed E-state index contributed by atoms with van der Waals surface area (Å²) in [5.41, 5.74) is 2.19. The lowest BCUT2D eigenvalue weighted by atomic mass is 10.0. The Morgan fingerprint density at radius 3 is 2.45 bits per heavy atom. The monoisotopic (exact) mass is 538 g/mol. The molecule has 8 heteroatoms. The molecule has 1 saturated heterocycles. The quantitative estimate of drug-likeness (QED) is 0.272. The predicted octanol–water partition coefficient (Wildman–Crippen LogP) is 2.28. The van der Waals surface area contributed by atoms with Gasteiger partial charge in [-0.15, -0.1) is 24.0 Å². The van der Waals surface area contributed by atoms with E-state index < -0.39 is 0 Å². The van der Waals surface area contributed by atoms with Crippen LogP contribution in [0.3, 0.4) is 0 Å². The Morgan fingerprint density at radius 2 is 1.84 bits per heavy atom. The molecule has 1 aromatic heterocycles. The number of nitrogens with one attached hydrogen (secondary N) is 2. The Hall–Kier alpha value is -1.91. The summed E-state index contributed by atoms with van der Waals surface area (Å²) in [7, 11) is 2.16. The maximum Gasteiger partial charge on any atom is 0.191 e. The van der Waals surface area contributed by atoms with Gasteiger partial charge in [0.15, 0.2) is 5.96 Å². The van der Waals surface area contributed by atoms with Crippen LogP contribution >= 0.6 is 24.0 Å². The van der Waals surface area contributed by atoms with Crippen molar-refractivity contribution in [1.82, 2.24) is 20.5 Å². The standard InChI is InChI=1S/C23H34N6O.HI/c1-3-24-23(27-17-21(18-30)20-7-5-4-6-8-20)26-16-19-9-10-22(25-15-19)29-13-11-28(2)12-14-29;/h4-10,15,21,30H,3,11-14,16-18H2,1-2H3,(H2,24,26,27);1H. The zero-order valence-corrected chi connectivity index (χ0v) is 20.8. The van der Waals surface area contributed by atoms with Gasteiger partial charge in [0.2, 0.25) is 0 Å². The lowest BCUT2D eigenvalue weighted by molar-refractivity contribution is 0.265. The molecule has 2 aromatic rings. The van der Waals surface area contributed by atoms with Crippen molar-refractivity contribution in [2.75, 3.05) is 57.8 Å². The zero-order chi connectivity index (χ0) is 21.2. The van der Waals surface area contributed by atoms with E-state index in [2.05, 4.69) is 49.6 Å².